The zero-order chi connectivity index (χ0) is 14.2. The summed E-state index contributed by atoms with van der Waals surface area (Å²) in [5.74, 6) is 0.868. The fourth-order valence-electron chi connectivity index (χ4n) is 1.70. The van der Waals surface area contributed by atoms with E-state index in [1.54, 1.807) is 22.7 Å². The first-order valence-electron chi connectivity index (χ1n) is 6.72. The van der Waals surface area contributed by atoms with Gasteiger partial charge in [0.1, 0.15) is 0 Å². The lowest BCUT2D eigenvalue weighted by Gasteiger charge is -2.10. The van der Waals surface area contributed by atoms with Gasteiger partial charge in [0.15, 0.2) is 5.96 Å². The van der Waals surface area contributed by atoms with Crippen LogP contribution in [0.1, 0.15) is 22.4 Å². The van der Waals surface area contributed by atoms with Crippen molar-refractivity contribution in [2.75, 3.05) is 13.1 Å². The Morgan fingerprint density at radius 2 is 2.30 bits per heavy atom. The Kier molecular flexibility index (Phi) is 6.01. The molecule has 20 heavy (non-hydrogen) atoms. The largest absolute Gasteiger partial charge is 0.357 e. The van der Waals surface area contributed by atoms with Gasteiger partial charge in [-0.25, -0.2) is 9.98 Å². The molecular formula is C14H20N4S2. The first-order valence-corrected chi connectivity index (χ1v) is 8.48. The van der Waals surface area contributed by atoms with Crippen LogP contribution in [0.2, 0.25) is 0 Å². The molecule has 0 fully saturated rings. The lowest BCUT2D eigenvalue weighted by Crippen LogP contribution is -2.38. The number of nitrogens with one attached hydrogen (secondary N) is 2. The molecule has 0 aliphatic heterocycles. The van der Waals surface area contributed by atoms with Crippen molar-refractivity contribution < 1.29 is 0 Å². The molecule has 0 aliphatic carbocycles. The second-order valence-electron chi connectivity index (χ2n) is 4.37. The highest BCUT2D eigenvalue weighted by Gasteiger charge is 2.01. The van der Waals surface area contributed by atoms with Crippen LogP contribution in [-0.2, 0) is 13.0 Å². The Labute approximate surface area is 128 Å². The van der Waals surface area contributed by atoms with E-state index in [1.165, 1.54) is 15.4 Å². The average Bonchev–Trinajstić information content (AvgIpc) is 3.08. The Morgan fingerprint density at radius 1 is 1.40 bits per heavy atom. The summed E-state index contributed by atoms with van der Waals surface area (Å²) in [6, 6.07) is 2.11. The lowest BCUT2D eigenvalue weighted by atomic mass is 10.3. The zero-order valence-corrected chi connectivity index (χ0v) is 13.5. The van der Waals surface area contributed by atoms with E-state index in [-0.39, 0.29) is 0 Å². The van der Waals surface area contributed by atoms with Crippen LogP contribution in [0.15, 0.2) is 28.0 Å². The molecule has 0 amide bonds. The SMILES string of the molecule is CCNC(=NCc1ccsc1)NCCc1ncc(C)s1. The maximum Gasteiger partial charge on any atom is 0.191 e. The smallest absolute Gasteiger partial charge is 0.191 e. The van der Waals surface area contributed by atoms with Crippen molar-refractivity contribution in [2.24, 2.45) is 4.99 Å². The molecule has 0 radical (unpaired) electrons. The van der Waals surface area contributed by atoms with Crippen LogP contribution < -0.4 is 10.6 Å². The number of thiophene rings is 1. The van der Waals surface area contributed by atoms with E-state index in [9.17, 15) is 0 Å². The second kappa shape index (κ2) is 8.01. The molecule has 0 saturated carbocycles. The molecule has 6 heteroatoms. The summed E-state index contributed by atoms with van der Waals surface area (Å²) in [7, 11) is 0. The molecule has 2 aromatic heterocycles. The molecule has 2 N–H and O–H groups in total. The second-order valence-corrected chi connectivity index (χ2v) is 6.47. The van der Waals surface area contributed by atoms with Crippen LogP contribution in [0.5, 0.6) is 0 Å². The predicted octanol–water partition coefficient (Wildman–Crippen LogP) is 2.81. The van der Waals surface area contributed by atoms with Gasteiger partial charge in [0.2, 0.25) is 0 Å². The summed E-state index contributed by atoms with van der Waals surface area (Å²) in [6.45, 7) is 6.59. The molecule has 0 aliphatic rings. The van der Waals surface area contributed by atoms with Gasteiger partial charge in [-0.05, 0) is 36.2 Å². The minimum Gasteiger partial charge on any atom is -0.357 e. The number of nitrogens with zero attached hydrogens (tertiary/aromatic N) is 2. The molecule has 0 atom stereocenters. The van der Waals surface area contributed by atoms with Crippen LogP contribution in [0, 0.1) is 6.92 Å². The highest BCUT2D eigenvalue weighted by Crippen LogP contribution is 2.11. The summed E-state index contributed by atoms with van der Waals surface area (Å²) in [5, 5.41) is 12.0. The highest BCUT2D eigenvalue weighted by atomic mass is 32.1. The van der Waals surface area contributed by atoms with Crippen molar-refractivity contribution in [2.45, 2.75) is 26.8 Å². The van der Waals surface area contributed by atoms with Gasteiger partial charge in [-0.3, -0.25) is 0 Å². The van der Waals surface area contributed by atoms with Gasteiger partial charge in [-0.1, -0.05) is 0 Å². The number of aryl methyl sites for hydroxylation is 1. The number of rotatable bonds is 6. The normalized spacial score (nSPS) is 11.6. The predicted molar refractivity (Wildman–Crippen MR) is 87.7 cm³/mol. The number of hydrogen-bond acceptors (Lipinski definition) is 4. The molecular weight excluding hydrogens is 288 g/mol. The molecule has 2 aromatic rings. The van der Waals surface area contributed by atoms with E-state index < -0.39 is 0 Å². The Hall–Kier alpha value is -1.40. The van der Waals surface area contributed by atoms with E-state index in [0.29, 0.717) is 0 Å². The Morgan fingerprint density at radius 3 is 2.95 bits per heavy atom. The van der Waals surface area contributed by atoms with E-state index in [1.807, 2.05) is 6.20 Å². The van der Waals surface area contributed by atoms with Crippen LogP contribution in [0.25, 0.3) is 0 Å². The number of thiazole rings is 1. The number of guanidine groups is 1. The Balaban J connectivity index is 1.80. The molecule has 0 unspecified atom stereocenters. The molecule has 108 valence electrons. The standard InChI is InChI=1S/C14H20N4S2/c1-3-15-14(18-9-12-5-7-19-10-12)16-6-4-13-17-8-11(2)20-13/h5,7-8,10H,3-4,6,9H2,1-2H3,(H2,15,16,18). The monoisotopic (exact) mass is 308 g/mol. The van der Waals surface area contributed by atoms with Gasteiger partial charge < -0.3 is 10.6 Å². The van der Waals surface area contributed by atoms with Crippen molar-refractivity contribution >= 4 is 28.6 Å². The summed E-state index contributed by atoms with van der Waals surface area (Å²) in [4.78, 5) is 10.2. The van der Waals surface area contributed by atoms with E-state index in [2.05, 4.69) is 51.3 Å². The summed E-state index contributed by atoms with van der Waals surface area (Å²) < 4.78 is 0. The third-order valence-corrected chi connectivity index (χ3v) is 4.35. The molecule has 4 nitrogen and oxygen atoms in total. The minimum atomic E-state index is 0.717. The number of aromatic nitrogens is 1. The van der Waals surface area contributed by atoms with Gasteiger partial charge >= 0.3 is 0 Å². The van der Waals surface area contributed by atoms with Crippen molar-refractivity contribution in [3.63, 3.8) is 0 Å². The van der Waals surface area contributed by atoms with E-state index >= 15 is 0 Å². The highest BCUT2D eigenvalue weighted by molar-refractivity contribution is 7.11. The molecule has 2 rings (SSSR count). The summed E-state index contributed by atoms with van der Waals surface area (Å²) in [5.41, 5.74) is 1.25. The zero-order valence-electron chi connectivity index (χ0n) is 11.8. The van der Waals surface area contributed by atoms with Gasteiger partial charge in [0.25, 0.3) is 0 Å². The fraction of sp³-hybridized carbons (Fsp3) is 0.429. The summed E-state index contributed by atoms with van der Waals surface area (Å²) >= 11 is 3.46. The van der Waals surface area contributed by atoms with Gasteiger partial charge in [-0.2, -0.15) is 11.3 Å². The van der Waals surface area contributed by atoms with E-state index in [4.69, 9.17) is 0 Å². The third kappa shape index (κ3) is 4.94. The maximum absolute atomic E-state index is 4.58. The van der Waals surface area contributed by atoms with Crippen molar-refractivity contribution in [3.05, 3.63) is 38.5 Å². The molecule has 0 bridgehead atoms. The van der Waals surface area contributed by atoms with Crippen LogP contribution in [0.4, 0.5) is 0 Å². The van der Waals surface area contributed by atoms with E-state index in [0.717, 1.165) is 32.0 Å². The summed E-state index contributed by atoms with van der Waals surface area (Å²) in [6.07, 6.45) is 2.86. The van der Waals surface area contributed by atoms with Crippen LogP contribution in [-0.4, -0.2) is 24.0 Å². The van der Waals surface area contributed by atoms with Gasteiger partial charge in [0.05, 0.1) is 11.6 Å². The molecule has 0 aromatic carbocycles. The fourth-order valence-corrected chi connectivity index (χ4v) is 3.15. The van der Waals surface area contributed by atoms with Gasteiger partial charge in [-0.15, -0.1) is 11.3 Å². The third-order valence-electron chi connectivity index (χ3n) is 2.64. The minimum absolute atomic E-state index is 0.717. The van der Waals surface area contributed by atoms with Gasteiger partial charge in [0, 0.05) is 30.6 Å². The average molecular weight is 308 g/mol. The van der Waals surface area contributed by atoms with Crippen molar-refractivity contribution in [3.8, 4) is 0 Å². The molecule has 0 spiro atoms. The lowest BCUT2D eigenvalue weighted by molar-refractivity contribution is 0.797. The van der Waals surface area contributed by atoms with Crippen molar-refractivity contribution in [1.82, 2.24) is 15.6 Å². The number of aliphatic imine (C=N–C) groups is 1. The first-order chi connectivity index (χ1) is 9.78. The van der Waals surface area contributed by atoms with Crippen LogP contribution in [0.3, 0.4) is 0 Å². The topological polar surface area (TPSA) is 49.3 Å². The maximum atomic E-state index is 4.58. The number of hydrogen-bond donors (Lipinski definition) is 2. The first kappa shape index (κ1) is 15.0. The van der Waals surface area contributed by atoms with Crippen LogP contribution >= 0.6 is 22.7 Å². The molecule has 0 saturated heterocycles. The quantitative estimate of drug-likeness (QED) is 0.637. The Bertz CT molecular complexity index is 531. The molecule has 2 heterocycles. The van der Waals surface area contributed by atoms with Crippen molar-refractivity contribution in [1.29, 1.82) is 0 Å².